The number of fused-ring (bicyclic) bond motifs is 10. The Morgan fingerprint density at radius 1 is 0.237 bits per heavy atom. The normalized spacial score (nSPS) is 11.8. The zero-order valence-corrected chi connectivity index (χ0v) is 42.6. The van der Waals surface area contributed by atoms with Gasteiger partial charge in [0, 0.05) is 66.3 Å². The van der Waals surface area contributed by atoms with Crippen LogP contribution in [0.15, 0.2) is 264 Å². The minimum atomic E-state index is 0.577. The van der Waals surface area contributed by atoms with E-state index in [9.17, 15) is 0 Å². The molecule has 0 aliphatic carbocycles. The molecule has 16 aromatic rings. The van der Waals surface area contributed by atoms with Crippen molar-refractivity contribution in [2.24, 2.45) is 0 Å². The topological polar surface area (TPSA) is 113 Å². The summed E-state index contributed by atoms with van der Waals surface area (Å²) in [5.41, 5.74) is 14.5. The quantitative estimate of drug-likeness (QED) is 0.140. The first-order valence-electron chi connectivity index (χ1n) is 26.5. The van der Waals surface area contributed by atoms with Crippen LogP contribution >= 0.6 is 0 Å². The maximum atomic E-state index is 6.84. The molecule has 0 bridgehead atoms. The van der Waals surface area contributed by atoms with Crippen LogP contribution in [0.2, 0.25) is 0 Å². The van der Waals surface area contributed by atoms with E-state index >= 15 is 0 Å². The summed E-state index contributed by atoms with van der Waals surface area (Å²) in [6, 6.07) is 87.0. The first-order valence-corrected chi connectivity index (χ1v) is 26.5. The van der Waals surface area contributed by atoms with Gasteiger partial charge in [0.05, 0.1) is 21.8 Å². The predicted molar refractivity (Wildman–Crippen MR) is 319 cm³/mol. The third-order valence-electron chi connectivity index (χ3n) is 15.0. The molecule has 0 unspecified atom stereocenters. The zero-order valence-electron chi connectivity index (χ0n) is 42.6. The Kier molecular flexibility index (Phi) is 10.3. The number of hydrogen-bond donors (Lipinski definition) is 0. The maximum Gasteiger partial charge on any atom is 0.213 e. The highest BCUT2D eigenvalue weighted by atomic mass is 16.3. The van der Waals surface area contributed by atoms with Crippen molar-refractivity contribution >= 4 is 65.9 Å². The number of nitrogens with zero attached hydrogens (tertiary/aromatic N) is 8. The van der Waals surface area contributed by atoms with Crippen LogP contribution in [0.1, 0.15) is 0 Å². The minimum absolute atomic E-state index is 0.577. The smallest absolute Gasteiger partial charge is 0.213 e. The van der Waals surface area contributed by atoms with E-state index in [2.05, 4.69) is 118 Å². The van der Waals surface area contributed by atoms with Crippen LogP contribution in [-0.4, -0.2) is 39.0 Å². The maximum absolute atomic E-state index is 6.84. The van der Waals surface area contributed by atoms with Crippen LogP contribution in [0.3, 0.4) is 0 Å². The highest BCUT2D eigenvalue weighted by Gasteiger charge is 2.24. The third kappa shape index (κ3) is 7.49. The molecule has 6 heterocycles. The molecule has 0 fully saturated rings. The summed E-state index contributed by atoms with van der Waals surface area (Å²) in [6.07, 6.45) is 0. The van der Waals surface area contributed by atoms with Crippen LogP contribution in [0.25, 0.3) is 157 Å². The molecular formula is C70H42N8O2. The summed E-state index contributed by atoms with van der Waals surface area (Å²) in [5, 5.41) is 6.32. The van der Waals surface area contributed by atoms with Crippen molar-refractivity contribution in [2.45, 2.75) is 0 Å². The summed E-state index contributed by atoms with van der Waals surface area (Å²) < 4.78 is 18.1. The second kappa shape index (κ2) is 18.3. The third-order valence-corrected chi connectivity index (χ3v) is 15.0. The molecule has 0 saturated heterocycles. The van der Waals surface area contributed by atoms with Gasteiger partial charge < -0.3 is 8.83 Å². The molecule has 0 amide bonds. The van der Waals surface area contributed by atoms with Crippen LogP contribution in [0, 0.1) is 0 Å². The van der Waals surface area contributed by atoms with Gasteiger partial charge in [-0.2, -0.15) is 0 Å². The first kappa shape index (κ1) is 45.1. The first-order chi connectivity index (χ1) is 39.6. The van der Waals surface area contributed by atoms with Gasteiger partial charge in [-0.25, -0.2) is 29.9 Å². The number of hydrogen-bond acceptors (Lipinski definition) is 8. The average molecular weight is 1030 g/mol. The lowest BCUT2D eigenvalue weighted by atomic mass is 10.00. The Morgan fingerprint density at radius 3 is 0.912 bits per heavy atom. The van der Waals surface area contributed by atoms with Crippen LogP contribution in [-0.2, 0) is 0 Å². The molecule has 80 heavy (non-hydrogen) atoms. The summed E-state index contributed by atoms with van der Waals surface area (Å²) >= 11 is 0. The van der Waals surface area contributed by atoms with E-state index < -0.39 is 0 Å². The van der Waals surface area contributed by atoms with Gasteiger partial charge in [0.15, 0.2) is 34.9 Å². The lowest BCUT2D eigenvalue weighted by Crippen LogP contribution is -2.01. The molecule has 0 atom stereocenters. The van der Waals surface area contributed by atoms with Gasteiger partial charge in [-0.3, -0.25) is 9.13 Å². The molecule has 0 aliphatic heterocycles. The van der Waals surface area contributed by atoms with Crippen LogP contribution < -0.4 is 0 Å². The molecule has 6 aromatic heterocycles. The molecule has 0 saturated carbocycles. The number of benzene rings is 10. The van der Waals surface area contributed by atoms with Crippen molar-refractivity contribution in [1.29, 1.82) is 0 Å². The fourth-order valence-electron chi connectivity index (χ4n) is 11.3. The fourth-order valence-corrected chi connectivity index (χ4v) is 11.3. The average Bonchev–Trinajstić information content (AvgIpc) is 4.48. The van der Waals surface area contributed by atoms with Gasteiger partial charge in [-0.05, 0) is 71.8 Å². The van der Waals surface area contributed by atoms with Gasteiger partial charge in [-0.1, -0.05) is 194 Å². The molecule has 0 spiro atoms. The molecule has 10 aromatic carbocycles. The molecule has 10 heteroatoms. The van der Waals surface area contributed by atoms with E-state index in [1.807, 2.05) is 146 Å². The SMILES string of the molecule is c1ccc(-c2nc(-c3ccccc3)nc(-c3cccc(-n4c5ccc(-c6ccc7c(c6)c6c8ccccc8oc6n7-c6cccc(-c7nc(-c8ccccc8)nc(-c8ccccc8)n7)c6)cc5c5c6ccccc6oc54)c3)n2)cc1. The lowest BCUT2D eigenvalue weighted by molar-refractivity contribution is 0.645. The number of rotatable bonds is 9. The zero-order chi connectivity index (χ0) is 52.7. The second-order valence-electron chi connectivity index (χ2n) is 19.9. The van der Waals surface area contributed by atoms with Crippen LogP contribution in [0.5, 0.6) is 0 Å². The highest BCUT2D eigenvalue weighted by molar-refractivity contribution is 6.22. The Balaban J connectivity index is 0.838. The van der Waals surface area contributed by atoms with E-state index in [0.717, 1.165) is 122 Å². The molecular weight excluding hydrogens is 985 g/mol. The van der Waals surface area contributed by atoms with Crippen molar-refractivity contribution < 1.29 is 8.83 Å². The van der Waals surface area contributed by atoms with Crippen LogP contribution in [0.4, 0.5) is 0 Å². The molecule has 0 N–H and O–H groups in total. The van der Waals surface area contributed by atoms with E-state index in [-0.39, 0.29) is 0 Å². The Morgan fingerprint density at radius 2 is 0.550 bits per heavy atom. The van der Waals surface area contributed by atoms with Crippen molar-refractivity contribution in [2.75, 3.05) is 0 Å². The van der Waals surface area contributed by atoms with Crippen molar-refractivity contribution in [1.82, 2.24) is 39.0 Å². The van der Waals surface area contributed by atoms with Crippen molar-refractivity contribution in [3.63, 3.8) is 0 Å². The number of aromatic nitrogens is 8. The molecule has 0 radical (unpaired) electrons. The molecule has 10 nitrogen and oxygen atoms in total. The van der Waals surface area contributed by atoms with Gasteiger partial charge in [0.25, 0.3) is 0 Å². The highest BCUT2D eigenvalue weighted by Crippen LogP contribution is 2.44. The Labute approximate surface area is 457 Å². The Hall–Kier alpha value is -11.1. The van der Waals surface area contributed by atoms with E-state index in [0.29, 0.717) is 34.9 Å². The fraction of sp³-hybridized carbons (Fsp3) is 0. The van der Waals surface area contributed by atoms with E-state index in [4.69, 9.17) is 38.7 Å². The second-order valence-corrected chi connectivity index (χ2v) is 19.9. The predicted octanol–water partition coefficient (Wildman–Crippen LogP) is 17.4. The molecule has 16 rings (SSSR count). The van der Waals surface area contributed by atoms with Gasteiger partial charge in [-0.15, -0.1) is 0 Å². The largest absolute Gasteiger partial charge is 0.439 e. The van der Waals surface area contributed by atoms with E-state index in [1.54, 1.807) is 0 Å². The van der Waals surface area contributed by atoms with Gasteiger partial charge in [0.2, 0.25) is 11.4 Å². The summed E-state index contributed by atoms with van der Waals surface area (Å²) in [4.78, 5) is 30.2. The standard InChI is InChI=1S/C70H42N8O2/c1-5-19-43(20-6-1)63-71-64(44-21-7-2-8-22-44)74-67(73-63)49-27-17-29-51(39-49)77-57-37-35-47(41-55(57)61-53-31-13-15-33-59(53)79-69(61)77)48-36-38-58-56(42-48)62-54-32-14-16-34-60(54)80-70(62)78(58)52-30-18-28-50(40-52)68-75-65(45-23-9-3-10-24-45)72-66(76-68)46-25-11-4-12-26-46/h1-42H. The minimum Gasteiger partial charge on any atom is -0.439 e. The summed E-state index contributed by atoms with van der Waals surface area (Å²) in [7, 11) is 0. The summed E-state index contributed by atoms with van der Waals surface area (Å²) in [5.74, 6) is 3.58. The van der Waals surface area contributed by atoms with E-state index in [1.165, 1.54) is 0 Å². The molecule has 0 aliphatic rings. The van der Waals surface area contributed by atoms with Crippen molar-refractivity contribution in [3.8, 4) is 90.8 Å². The number of furan rings is 2. The molecule has 374 valence electrons. The number of para-hydroxylation sites is 2. The van der Waals surface area contributed by atoms with Crippen molar-refractivity contribution in [3.05, 3.63) is 255 Å². The Bertz CT molecular complexity index is 4630. The lowest BCUT2D eigenvalue weighted by Gasteiger charge is -2.11. The monoisotopic (exact) mass is 1030 g/mol. The summed E-state index contributed by atoms with van der Waals surface area (Å²) in [6.45, 7) is 0. The van der Waals surface area contributed by atoms with Gasteiger partial charge in [0.1, 0.15) is 11.2 Å². The van der Waals surface area contributed by atoms with Gasteiger partial charge >= 0.3 is 0 Å².